The molecule has 0 aromatic heterocycles. The summed E-state index contributed by atoms with van der Waals surface area (Å²) in [6.45, 7) is 0. The Hall–Kier alpha value is -0.210. The molecule has 0 spiro atoms. The molecule has 0 bridgehead atoms. The Balaban J connectivity index is 2.28. The lowest BCUT2D eigenvalue weighted by atomic mass is 9.99. The summed E-state index contributed by atoms with van der Waals surface area (Å²) in [5, 5.41) is 0.128. The van der Waals surface area contributed by atoms with Crippen LogP contribution in [0.25, 0.3) is 0 Å². The van der Waals surface area contributed by atoms with Crippen LogP contribution in [0.15, 0.2) is 40.9 Å². The molecule has 106 valence electrons. The maximum absolute atomic E-state index is 13.5. The van der Waals surface area contributed by atoms with E-state index in [2.05, 4.69) is 43.9 Å². The molecule has 3 N–H and O–H groups in total. The number of rotatable bonds is 4. The molecule has 2 rings (SSSR count). The molecule has 0 amide bonds. The van der Waals surface area contributed by atoms with Crippen molar-refractivity contribution in [3.8, 4) is 0 Å². The molecule has 2 nitrogen and oxygen atoms in total. The Labute approximate surface area is 144 Å². The summed E-state index contributed by atoms with van der Waals surface area (Å²) in [5.74, 6) is 5.24. The quantitative estimate of drug-likeness (QED) is 0.391. The fourth-order valence-corrected chi connectivity index (χ4v) is 3.15. The Morgan fingerprint density at radius 1 is 1.30 bits per heavy atom. The standard InChI is InChI=1S/C14H12BrClFIN2/c15-9-2-4-13(18)10(7-9)14(20-19)6-8-1-3-11(16)12(17)5-8/h1-5,7,14,20H,6,19H2. The van der Waals surface area contributed by atoms with Crippen molar-refractivity contribution in [2.45, 2.75) is 12.5 Å². The number of halogens is 4. The summed E-state index contributed by atoms with van der Waals surface area (Å²) in [4.78, 5) is 0. The van der Waals surface area contributed by atoms with Crippen LogP contribution in [0.3, 0.4) is 0 Å². The van der Waals surface area contributed by atoms with Gasteiger partial charge in [0.15, 0.2) is 0 Å². The van der Waals surface area contributed by atoms with Gasteiger partial charge in [0, 0.05) is 8.04 Å². The molecule has 0 heterocycles. The second-order valence-electron chi connectivity index (χ2n) is 4.34. The van der Waals surface area contributed by atoms with Gasteiger partial charge in [-0.25, -0.2) is 4.39 Å². The number of hydrogen-bond acceptors (Lipinski definition) is 2. The monoisotopic (exact) mass is 468 g/mol. The van der Waals surface area contributed by atoms with E-state index >= 15 is 0 Å². The molecule has 20 heavy (non-hydrogen) atoms. The van der Waals surface area contributed by atoms with Gasteiger partial charge in [0.2, 0.25) is 0 Å². The zero-order chi connectivity index (χ0) is 14.7. The van der Waals surface area contributed by atoms with Gasteiger partial charge < -0.3 is 0 Å². The molecule has 0 fully saturated rings. The molecule has 0 aliphatic heterocycles. The molecule has 1 atom stereocenters. The third-order valence-electron chi connectivity index (χ3n) is 2.96. The highest BCUT2D eigenvalue weighted by Gasteiger charge is 2.15. The summed E-state index contributed by atoms with van der Waals surface area (Å²) in [7, 11) is 0. The number of nitrogens with one attached hydrogen (secondary N) is 1. The first-order chi connectivity index (χ1) is 9.51. The van der Waals surface area contributed by atoms with E-state index in [1.807, 2.05) is 18.2 Å². The number of nitrogens with two attached hydrogens (primary N) is 1. The molecule has 0 aliphatic carbocycles. The van der Waals surface area contributed by atoms with Crippen LogP contribution in [-0.4, -0.2) is 0 Å². The molecule has 0 radical (unpaired) electrons. The maximum Gasteiger partial charge on any atom is 0.142 e. The van der Waals surface area contributed by atoms with Crippen LogP contribution in [0.1, 0.15) is 17.2 Å². The van der Waals surface area contributed by atoms with Crippen LogP contribution in [0.5, 0.6) is 0 Å². The van der Waals surface area contributed by atoms with Crippen molar-refractivity contribution in [2.24, 2.45) is 5.84 Å². The molecule has 1 unspecified atom stereocenters. The minimum atomic E-state index is -0.413. The molecule has 0 aliphatic rings. The lowest BCUT2D eigenvalue weighted by Gasteiger charge is -2.18. The van der Waals surface area contributed by atoms with Crippen LogP contribution in [0.2, 0.25) is 5.02 Å². The molecule has 0 saturated heterocycles. The van der Waals surface area contributed by atoms with Gasteiger partial charge in [-0.1, -0.05) is 33.6 Å². The van der Waals surface area contributed by atoms with Crippen molar-refractivity contribution in [3.63, 3.8) is 0 Å². The minimum absolute atomic E-state index is 0.0972. The minimum Gasteiger partial charge on any atom is -0.271 e. The van der Waals surface area contributed by atoms with Gasteiger partial charge in [-0.05, 0) is 70.5 Å². The molecule has 6 heteroatoms. The highest BCUT2D eigenvalue weighted by Crippen LogP contribution is 2.27. The van der Waals surface area contributed by atoms with E-state index in [0.29, 0.717) is 6.42 Å². The summed E-state index contributed by atoms with van der Waals surface area (Å²) >= 11 is 11.4. The van der Waals surface area contributed by atoms with E-state index < -0.39 is 5.82 Å². The van der Waals surface area contributed by atoms with E-state index in [0.717, 1.165) is 19.2 Å². The lowest BCUT2D eigenvalue weighted by Crippen LogP contribution is -2.30. The van der Waals surface area contributed by atoms with Crippen molar-refractivity contribution in [2.75, 3.05) is 0 Å². The topological polar surface area (TPSA) is 38.0 Å². The van der Waals surface area contributed by atoms with Gasteiger partial charge in [-0.3, -0.25) is 11.3 Å². The predicted molar refractivity (Wildman–Crippen MR) is 92.0 cm³/mol. The fourth-order valence-electron chi connectivity index (χ4n) is 1.94. The smallest absolute Gasteiger partial charge is 0.142 e. The molecule has 2 aromatic carbocycles. The molecular formula is C14H12BrClFIN2. The first kappa shape index (κ1) is 16.2. The van der Waals surface area contributed by atoms with Crippen LogP contribution in [0, 0.1) is 9.39 Å². The first-order valence-corrected chi connectivity index (χ1v) is 8.11. The van der Waals surface area contributed by atoms with E-state index in [-0.39, 0.29) is 11.1 Å². The first-order valence-electron chi connectivity index (χ1n) is 5.86. The zero-order valence-electron chi connectivity index (χ0n) is 10.3. The van der Waals surface area contributed by atoms with Crippen molar-refractivity contribution >= 4 is 50.1 Å². The summed E-state index contributed by atoms with van der Waals surface area (Å²) in [6, 6.07) is 10.7. The Bertz CT molecular complexity index is 624. The average Bonchev–Trinajstić information content (AvgIpc) is 2.43. The van der Waals surface area contributed by atoms with E-state index in [9.17, 15) is 4.39 Å². The van der Waals surface area contributed by atoms with Crippen molar-refractivity contribution in [1.82, 2.24) is 5.43 Å². The number of hydrogen-bond donors (Lipinski definition) is 2. The van der Waals surface area contributed by atoms with E-state index in [1.165, 1.54) is 6.07 Å². The van der Waals surface area contributed by atoms with Crippen LogP contribution < -0.4 is 11.3 Å². The van der Waals surface area contributed by atoms with Gasteiger partial charge in [0.05, 0.1) is 11.1 Å². The third kappa shape index (κ3) is 3.92. The van der Waals surface area contributed by atoms with Crippen molar-refractivity contribution in [3.05, 3.63) is 66.4 Å². The molecule has 0 saturated carbocycles. The van der Waals surface area contributed by atoms with Crippen molar-refractivity contribution in [1.29, 1.82) is 0 Å². The maximum atomic E-state index is 13.5. The van der Waals surface area contributed by atoms with E-state index in [4.69, 9.17) is 17.4 Å². The normalized spacial score (nSPS) is 12.4. The van der Waals surface area contributed by atoms with Gasteiger partial charge in [0.1, 0.15) is 5.82 Å². The SMILES string of the molecule is NNC(Cc1ccc(Cl)c(F)c1)c1cc(Br)ccc1I. The third-order valence-corrected chi connectivity index (χ3v) is 4.74. The largest absolute Gasteiger partial charge is 0.271 e. The van der Waals surface area contributed by atoms with E-state index in [1.54, 1.807) is 12.1 Å². The number of benzene rings is 2. The fraction of sp³-hybridized carbons (Fsp3) is 0.143. The second-order valence-corrected chi connectivity index (χ2v) is 6.82. The number of hydrazine groups is 1. The highest BCUT2D eigenvalue weighted by atomic mass is 127. The second kappa shape index (κ2) is 7.17. The van der Waals surface area contributed by atoms with Gasteiger partial charge in [-0.15, -0.1) is 0 Å². The van der Waals surface area contributed by atoms with Gasteiger partial charge in [0.25, 0.3) is 0 Å². The Kier molecular flexibility index (Phi) is 5.80. The Morgan fingerprint density at radius 2 is 2.05 bits per heavy atom. The molecule has 2 aromatic rings. The van der Waals surface area contributed by atoms with Gasteiger partial charge >= 0.3 is 0 Å². The lowest BCUT2D eigenvalue weighted by molar-refractivity contribution is 0.546. The zero-order valence-corrected chi connectivity index (χ0v) is 14.8. The summed E-state index contributed by atoms with van der Waals surface area (Å²) < 4.78 is 15.6. The molecular weight excluding hydrogens is 457 g/mol. The van der Waals surface area contributed by atoms with Crippen LogP contribution >= 0.6 is 50.1 Å². The highest BCUT2D eigenvalue weighted by molar-refractivity contribution is 14.1. The van der Waals surface area contributed by atoms with Crippen molar-refractivity contribution < 1.29 is 4.39 Å². The predicted octanol–water partition coefficient (Wildman–Crippen LogP) is 4.59. The summed E-state index contributed by atoms with van der Waals surface area (Å²) in [6.07, 6.45) is 0.580. The Morgan fingerprint density at radius 3 is 2.70 bits per heavy atom. The average molecular weight is 470 g/mol. The van der Waals surface area contributed by atoms with Gasteiger partial charge in [-0.2, -0.15) is 0 Å². The summed E-state index contributed by atoms with van der Waals surface area (Å²) in [5.41, 5.74) is 4.69. The van der Waals surface area contributed by atoms with Crippen LogP contribution in [0.4, 0.5) is 4.39 Å². The van der Waals surface area contributed by atoms with Crippen LogP contribution in [-0.2, 0) is 6.42 Å².